The Hall–Kier alpha value is -2.60. The van der Waals surface area contributed by atoms with Crippen LogP contribution in [0, 0.1) is 0 Å². The summed E-state index contributed by atoms with van der Waals surface area (Å²) in [5, 5.41) is 5.33. The zero-order chi connectivity index (χ0) is 17.6. The molecule has 130 valence electrons. The van der Waals surface area contributed by atoms with Crippen molar-refractivity contribution in [2.24, 2.45) is 0 Å². The Balaban J connectivity index is 1.65. The van der Waals surface area contributed by atoms with Crippen LogP contribution in [0.25, 0.3) is 0 Å². The Bertz CT molecular complexity index is 801. The maximum atomic E-state index is 6.16. The Labute approximate surface area is 151 Å². The molecule has 3 rings (SSSR count). The Morgan fingerprint density at radius 1 is 1.16 bits per heavy atom. The molecular formula is C19H22N4OS. The molecule has 1 aromatic carbocycles. The molecule has 0 saturated carbocycles. The van der Waals surface area contributed by atoms with Gasteiger partial charge in [0.05, 0.1) is 0 Å². The third kappa shape index (κ3) is 4.48. The molecular weight excluding hydrogens is 332 g/mol. The molecule has 0 saturated heterocycles. The second-order valence-corrected chi connectivity index (χ2v) is 7.06. The van der Waals surface area contributed by atoms with E-state index in [1.54, 1.807) is 11.3 Å². The number of anilines is 2. The number of nitrogen functional groups attached to an aromatic ring is 1. The largest absolute Gasteiger partial charge is 0.437 e. The molecule has 0 bridgehead atoms. The number of nitrogens with one attached hydrogen (secondary N) is 1. The molecule has 0 atom stereocenters. The smallest absolute Gasteiger partial charge is 0.248 e. The van der Waals surface area contributed by atoms with Crippen molar-refractivity contribution in [1.82, 2.24) is 9.97 Å². The van der Waals surface area contributed by atoms with Crippen molar-refractivity contribution in [3.8, 4) is 11.6 Å². The van der Waals surface area contributed by atoms with E-state index < -0.39 is 0 Å². The van der Waals surface area contributed by atoms with E-state index in [9.17, 15) is 0 Å². The predicted octanol–water partition coefficient (Wildman–Crippen LogP) is 4.69. The molecule has 0 aliphatic heterocycles. The molecule has 3 aromatic rings. The zero-order valence-electron chi connectivity index (χ0n) is 14.4. The zero-order valence-corrected chi connectivity index (χ0v) is 15.2. The highest BCUT2D eigenvalue weighted by Gasteiger charge is 2.10. The third-order valence-corrected chi connectivity index (χ3v) is 4.79. The van der Waals surface area contributed by atoms with E-state index in [4.69, 9.17) is 10.5 Å². The number of benzene rings is 1. The normalized spacial score (nSPS) is 10.8. The van der Waals surface area contributed by atoms with Crippen molar-refractivity contribution in [2.45, 2.75) is 26.2 Å². The lowest BCUT2D eigenvalue weighted by Crippen LogP contribution is -2.09. The lowest BCUT2D eigenvalue weighted by Gasteiger charge is -2.12. The predicted molar refractivity (Wildman–Crippen MR) is 104 cm³/mol. The molecule has 3 N–H and O–H groups in total. The Morgan fingerprint density at radius 3 is 2.64 bits per heavy atom. The van der Waals surface area contributed by atoms with Crippen LogP contribution in [0.1, 0.15) is 30.2 Å². The van der Waals surface area contributed by atoms with Gasteiger partial charge in [-0.25, -0.2) is 4.98 Å². The summed E-state index contributed by atoms with van der Waals surface area (Å²) in [5.74, 6) is 2.16. The summed E-state index contributed by atoms with van der Waals surface area (Å²) in [4.78, 5) is 9.69. The van der Waals surface area contributed by atoms with Gasteiger partial charge in [0.1, 0.15) is 17.8 Å². The van der Waals surface area contributed by atoms with E-state index in [-0.39, 0.29) is 0 Å². The molecule has 25 heavy (non-hydrogen) atoms. The van der Waals surface area contributed by atoms with Crippen LogP contribution in [0.2, 0.25) is 0 Å². The van der Waals surface area contributed by atoms with Gasteiger partial charge in [-0.15, -0.1) is 11.3 Å². The lowest BCUT2D eigenvalue weighted by atomic mass is 10.0. The van der Waals surface area contributed by atoms with Crippen molar-refractivity contribution in [3.63, 3.8) is 0 Å². The van der Waals surface area contributed by atoms with Crippen LogP contribution in [0.3, 0.4) is 0 Å². The highest BCUT2D eigenvalue weighted by atomic mass is 32.1. The minimum absolute atomic E-state index is 0.367. The van der Waals surface area contributed by atoms with Gasteiger partial charge in [0.25, 0.3) is 0 Å². The van der Waals surface area contributed by atoms with Gasteiger partial charge in [-0.1, -0.05) is 32.0 Å². The maximum Gasteiger partial charge on any atom is 0.248 e. The molecule has 0 spiro atoms. The molecule has 6 heteroatoms. The van der Waals surface area contributed by atoms with Gasteiger partial charge in [0, 0.05) is 11.4 Å². The average molecular weight is 354 g/mol. The maximum absolute atomic E-state index is 6.16. The van der Waals surface area contributed by atoms with Gasteiger partial charge < -0.3 is 15.8 Å². The van der Waals surface area contributed by atoms with E-state index in [0.29, 0.717) is 29.1 Å². The molecule has 0 unspecified atom stereocenters. The van der Waals surface area contributed by atoms with Gasteiger partial charge in [0.2, 0.25) is 5.88 Å². The van der Waals surface area contributed by atoms with E-state index in [1.165, 1.54) is 16.8 Å². The average Bonchev–Trinajstić information content (AvgIpc) is 3.12. The summed E-state index contributed by atoms with van der Waals surface area (Å²) in [6.07, 6.45) is 2.38. The SMILES string of the molecule is CC(C)c1ccc(Oc2ncnc(NCCc3cccs3)c2N)cc1. The standard InChI is InChI=1S/C19H22N4OS/c1-13(2)14-5-7-15(8-6-14)24-19-17(20)18(22-12-23-19)21-10-9-16-4-3-11-25-16/h3-8,11-13H,9-10,20H2,1-2H3,(H,21,22,23). The number of hydrogen-bond acceptors (Lipinski definition) is 6. The molecule has 0 radical (unpaired) electrons. The van der Waals surface area contributed by atoms with Gasteiger partial charge in [0.15, 0.2) is 5.82 Å². The number of rotatable bonds is 7. The van der Waals surface area contributed by atoms with Crippen molar-refractivity contribution in [2.75, 3.05) is 17.6 Å². The fourth-order valence-electron chi connectivity index (χ4n) is 2.39. The molecule has 5 nitrogen and oxygen atoms in total. The first-order chi connectivity index (χ1) is 12.1. The van der Waals surface area contributed by atoms with Crippen molar-refractivity contribution in [3.05, 3.63) is 58.5 Å². The van der Waals surface area contributed by atoms with E-state index in [1.807, 2.05) is 12.1 Å². The number of nitrogens with two attached hydrogens (primary N) is 1. The van der Waals surface area contributed by atoms with Crippen molar-refractivity contribution >= 4 is 22.8 Å². The summed E-state index contributed by atoms with van der Waals surface area (Å²) < 4.78 is 5.82. The molecule has 0 aliphatic carbocycles. The fourth-order valence-corrected chi connectivity index (χ4v) is 3.10. The number of ether oxygens (including phenoxy) is 1. The topological polar surface area (TPSA) is 73.1 Å². The number of nitrogens with zero attached hydrogens (tertiary/aromatic N) is 2. The van der Waals surface area contributed by atoms with E-state index >= 15 is 0 Å². The first-order valence-corrected chi connectivity index (χ1v) is 9.16. The Kier molecular flexibility index (Phi) is 5.50. The van der Waals surface area contributed by atoms with Crippen LogP contribution in [-0.2, 0) is 6.42 Å². The van der Waals surface area contributed by atoms with E-state index in [2.05, 4.69) is 58.8 Å². The van der Waals surface area contributed by atoms with Gasteiger partial charge in [-0.05, 0) is 41.5 Å². The Morgan fingerprint density at radius 2 is 1.96 bits per heavy atom. The van der Waals surface area contributed by atoms with Gasteiger partial charge in [-0.2, -0.15) is 4.98 Å². The van der Waals surface area contributed by atoms with E-state index in [0.717, 1.165) is 13.0 Å². The van der Waals surface area contributed by atoms with Gasteiger partial charge in [-0.3, -0.25) is 0 Å². The number of aromatic nitrogens is 2. The molecule has 0 fully saturated rings. The molecule has 2 aromatic heterocycles. The first kappa shape index (κ1) is 17.2. The van der Waals surface area contributed by atoms with Crippen LogP contribution in [-0.4, -0.2) is 16.5 Å². The highest BCUT2D eigenvalue weighted by Crippen LogP contribution is 2.30. The lowest BCUT2D eigenvalue weighted by molar-refractivity contribution is 0.464. The molecule has 0 aliphatic rings. The van der Waals surface area contributed by atoms with Crippen molar-refractivity contribution in [1.29, 1.82) is 0 Å². The van der Waals surface area contributed by atoms with Crippen LogP contribution in [0.15, 0.2) is 48.1 Å². The minimum Gasteiger partial charge on any atom is -0.437 e. The molecule has 0 amide bonds. The highest BCUT2D eigenvalue weighted by molar-refractivity contribution is 7.09. The first-order valence-electron chi connectivity index (χ1n) is 8.28. The van der Waals surface area contributed by atoms with Crippen LogP contribution >= 0.6 is 11.3 Å². The summed E-state index contributed by atoms with van der Waals surface area (Å²) in [6.45, 7) is 5.07. The van der Waals surface area contributed by atoms with Crippen LogP contribution in [0.5, 0.6) is 11.6 Å². The summed E-state index contributed by atoms with van der Waals surface area (Å²) in [7, 11) is 0. The second-order valence-electron chi connectivity index (χ2n) is 6.02. The fraction of sp³-hybridized carbons (Fsp3) is 0.263. The van der Waals surface area contributed by atoms with Gasteiger partial charge >= 0.3 is 0 Å². The molecule has 2 heterocycles. The summed E-state index contributed by atoms with van der Waals surface area (Å²) >= 11 is 1.74. The quantitative estimate of drug-likeness (QED) is 0.644. The van der Waals surface area contributed by atoms with Crippen LogP contribution in [0.4, 0.5) is 11.5 Å². The minimum atomic E-state index is 0.367. The monoisotopic (exact) mass is 354 g/mol. The summed E-state index contributed by atoms with van der Waals surface area (Å²) in [6, 6.07) is 12.1. The summed E-state index contributed by atoms with van der Waals surface area (Å²) in [5.41, 5.74) is 7.84. The van der Waals surface area contributed by atoms with Crippen LogP contribution < -0.4 is 15.8 Å². The second kappa shape index (κ2) is 7.98. The number of thiophene rings is 1. The third-order valence-electron chi connectivity index (χ3n) is 3.85. The number of hydrogen-bond donors (Lipinski definition) is 2. The van der Waals surface area contributed by atoms with Crippen molar-refractivity contribution < 1.29 is 4.74 Å².